The van der Waals surface area contributed by atoms with Crippen molar-refractivity contribution in [2.24, 2.45) is 0 Å². The molecule has 0 unspecified atom stereocenters. The maximum absolute atomic E-state index is 12.3. The molecular formula is C15H17N3O3S. The molecule has 6 nitrogen and oxygen atoms in total. The summed E-state index contributed by atoms with van der Waals surface area (Å²) >= 11 is 1.45. The molecule has 1 aliphatic heterocycles. The van der Waals surface area contributed by atoms with Crippen LogP contribution >= 0.6 is 11.3 Å². The van der Waals surface area contributed by atoms with Crippen molar-refractivity contribution in [3.63, 3.8) is 0 Å². The molecule has 2 aromatic heterocycles. The third kappa shape index (κ3) is 3.19. The number of aromatic nitrogens is 1. The van der Waals surface area contributed by atoms with Crippen LogP contribution in [0.15, 0.2) is 28.2 Å². The lowest BCUT2D eigenvalue weighted by molar-refractivity contribution is 0.0646. The summed E-state index contributed by atoms with van der Waals surface area (Å²) in [6.07, 6.45) is 3.20. The second-order valence-corrected chi connectivity index (χ2v) is 6.36. The van der Waals surface area contributed by atoms with Gasteiger partial charge in [-0.25, -0.2) is 4.98 Å². The number of aryl methyl sites for hydroxylation is 1. The van der Waals surface area contributed by atoms with Gasteiger partial charge in [-0.05, 0) is 31.9 Å². The smallest absolute Gasteiger partial charge is 0.289 e. The van der Waals surface area contributed by atoms with Gasteiger partial charge in [0.2, 0.25) is 0 Å². The molecule has 1 saturated heterocycles. The highest BCUT2D eigenvalue weighted by molar-refractivity contribution is 7.09. The molecule has 0 aromatic carbocycles. The molecule has 3 heterocycles. The first kappa shape index (κ1) is 14.8. The van der Waals surface area contributed by atoms with Crippen molar-refractivity contribution in [1.29, 1.82) is 0 Å². The summed E-state index contributed by atoms with van der Waals surface area (Å²) in [6.45, 7) is 3.04. The number of carbonyl (C=O) groups excluding carboxylic acids is 2. The number of thiazole rings is 1. The Balaban J connectivity index is 1.61. The van der Waals surface area contributed by atoms with E-state index in [1.807, 2.05) is 6.92 Å². The highest BCUT2D eigenvalue weighted by atomic mass is 32.1. The Bertz CT molecular complexity index is 665. The topological polar surface area (TPSA) is 75.4 Å². The van der Waals surface area contributed by atoms with Crippen LogP contribution in [0.1, 0.15) is 38.9 Å². The van der Waals surface area contributed by atoms with Crippen LogP contribution in [-0.4, -0.2) is 40.8 Å². The van der Waals surface area contributed by atoms with Crippen molar-refractivity contribution in [3.05, 3.63) is 40.2 Å². The fraction of sp³-hybridized carbons (Fsp3) is 0.400. The van der Waals surface area contributed by atoms with Gasteiger partial charge in [0.15, 0.2) is 5.76 Å². The predicted molar refractivity (Wildman–Crippen MR) is 82.0 cm³/mol. The average molecular weight is 319 g/mol. The zero-order valence-corrected chi connectivity index (χ0v) is 13.1. The van der Waals surface area contributed by atoms with Crippen LogP contribution in [0.3, 0.4) is 0 Å². The lowest BCUT2D eigenvalue weighted by Gasteiger charge is -2.32. The van der Waals surface area contributed by atoms with Crippen molar-refractivity contribution in [2.75, 3.05) is 13.1 Å². The van der Waals surface area contributed by atoms with Crippen LogP contribution in [0, 0.1) is 6.92 Å². The highest BCUT2D eigenvalue weighted by Crippen LogP contribution is 2.15. The molecule has 1 aliphatic rings. The molecule has 7 heteroatoms. The first-order chi connectivity index (χ1) is 10.6. The molecule has 0 aliphatic carbocycles. The predicted octanol–water partition coefficient (Wildman–Crippen LogP) is 2.08. The molecule has 116 valence electrons. The molecule has 2 aromatic rings. The highest BCUT2D eigenvalue weighted by Gasteiger charge is 2.27. The first-order valence-electron chi connectivity index (χ1n) is 7.19. The number of carbonyl (C=O) groups is 2. The minimum absolute atomic E-state index is 0.0535. The van der Waals surface area contributed by atoms with E-state index in [1.165, 1.54) is 17.6 Å². The average Bonchev–Trinajstić information content (AvgIpc) is 3.18. The van der Waals surface area contributed by atoms with Gasteiger partial charge in [0.05, 0.1) is 11.3 Å². The van der Waals surface area contributed by atoms with Crippen LogP contribution in [0.4, 0.5) is 0 Å². The number of nitrogens with zero attached hydrogens (tertiary/aromatic N) is 2. The van der Waals surface area contributed by atoms with Crippen molar-refractivity contribution >= 4 is 23.2 Å². The summed E-state index contributed by atoms with van der Waals surface area (Å²) in [6, 6.07) is 3.30. The van der Waals surface area contributed by atoms with Gasteiger partial charge >= 0.3 is 0 Å². The third-order valence-electron chi connectivity index (χ3n) is 3.63. The molecule has 0 saturated carbocycles. The molecule has 2 amide bonds. The molecule has 1 atom stereocenters. The molecule has 1 fully saturated rings. The molecule has 1 N–H and O–H groups in total. The van der Waals surface area contributed by atoms with E-state index in [-0.39, 0.29) is 17.9 Å². The van der Waals surface area contributed by atoms with Gasteiger partial charge in [-0.2, -0.15) is 0 Å². The van der Waals surface area contributed by atoms with E-state index in [9.17, 15) is 9.59 Å². The van der Waals surface area contributed by atoms with Crippen molar-refractivity contribution in [3.8, 4) is 0 Å². The van der Waals surface area contributed by atoms with Gasteiger partial charge in [-0.1, -0.05) is 0 Å². The molecule has 22 heavy (non-hydrogen) atoms. The van der Waals surface area contributed by atoms with Crippen LogP contribution in [-0.2, 0) is 0 Å². The Morgan fingerprint density at radius 2 is 2.36 bits per heavy atom. The summed E-state index contributed by atoms with van der Waals surface area (Å²) in [4.78, 5) is 30.3. The second-order valence-electron chi connectivity index (χ2n) is 5.29. The Morgan fingerprint density at radius 1 is 1.50 bits per heavy atom. The standard InChI is InChI=1S/C15H17N3O3S/c1-10-16-12(9-22-10)14(19)17-11-4-2-6-18(8-11)15(20)13-5-3-7-21-13/h3,5,7,9,11H,2,4,6,8H2,1H3,(H,17,19)/t11-/m0/s1. The number of likely N-dealkylation sites (tertiary alicyclic amines) is 1. The number of piperidine rings is 1. The molecule has 0 bridgehead atoms. The summed E-state index contributed by atoms with van der Waals surface area (Å²) in [5, 5.41) is 5.57. The Hall–Kier alpha value is -2.15. The number of hydrogen-bond acceptors (Lipinski definition) is 5. The normalized spacial score (nSPS) is 18.2. The van der Waals surface area contributed by atoms with E-state index in [0.29, 0.717) is 24.5 Å². The zero-order chi connectivity index (χ0) is 15.5. The summed E-state index contributed by atoms with van der Waals surface area (Å²) in [5.41, 5.74) is 0.442. The van der Waals surface area contributed by atoms with E-state index in [4.69, 9.17) is 4.42 Å². The van der Waals surface area contributed by atoms with E-state index < -0.39 is 0 Å². The van der Waals surface area contributed by atoms with Crippen LogP contribution in [0.5, 0.6) is 0 Å². The number of nitrogens with one attached hydrogen (secondary N) is 1. The summed E-state index contributed by atoms with van der Waals surface area (Å²) in [5.74, 6) is 0.0252. The minimum atomic E-state index is -0.179. The quantitative estimate of drug-likeness (QED) is 0.940. The summed E-state index contributed by atoms with van der Waals surface area (Å²) < 4.78 is 5.15. The Morgan fingerprint density at radius 3 is 3.05 bits per heavy atom. The van der Waals surface area contributed by atoms with Gasteiger partial charge in [-0.3, -0.25) is 9.59 Å². The molecular weight excluding hydrogens is 302 g/mol. The maximum atomic E-state index is 12.3. The minimum Gasteiger partial charge on any atom is -0.459 e. The van der Waals surface area contributed by atoms with Crippen LogP contribution < -0.4 is 5.32 Å². The first-order valence-corrected chi connectivity index (χ1v) is 8.07. The third-order valence-corrected chi connectivity index (χ3v) is 4.40. The Kier molecular flexibility index (Phi) is 4.24. The van der Waals surface area contributed by atoms with Gasteiger partial charge in [0.1, 0.15) is 5.69 Å². The van der Waals surface area contributed by atoms with Crippen LogP contribution in [0.25, 0.3) is 0 Å². The molecule has 0 spiro atoms. The number of amides is 2. The summed E-state index contributed by atoms with van der Waals surface area (Å²) in [7, 11) is 0. The fourth-order valence-corrected chi connectivity index (χ4v) is 3.16. The fourth-order valence-electron chi connectivity index (χ4n) is 2.56. The second kappa shape index (κ2) is 6.31. The lowest BCUT2D eigenvalue weighted by Crippen LogP contribution is -2.49. The van der Waals surface area contributed by atoms with Gasteiger partial charge in [0.25, 0.3) is 11.8 Å². The zero-order valence-electron chi connectivity index (χ0n) is 12.2. The Labute approximate surface area is 132 Å². The molecule has 3 rings (SSSR count). The largest absolute Gasteiger partial charge is 0.459 e. The van der Waals surface area contributed by atoms with Gasteiger partial charge in [0, 0.05) is 24.5 Å². The monoisotopic (exact) mass is 319 g/mol. The SMILES string of the molecule is Cc1nc(C(=O)N[C@H]2CCCN(C(=O)c3ccco3)C2)cs1. The van der Waals surface area contributed by atoms with E-state index in [1.54, 1.807) is 22.4 Å². The van der Waals surface area contributed by atoms with Crippen LogP contribution in [0.2, 0.25) is 0 Å². The van der Waals surface area contributed by atoms with Gasteiger partial charge in [-0.15, -0.1) is 11.3 Å². The lowest BCUT2D eigenvalue weighted by atomic mass is 10.1. The van der Waals surface area contributed by atoms with Crippen molar-refractivity contribution < 1.29 is 14.0 Å². The van der Waals surface area contributed by atoms with E-state index in [0.717, 1.165) is 17.8 Å². The molecule has 0 radical (unpaired) electrons. The number of furan rings is 1. The van der Waals surface area contributed by atoms with Crippen molar-refractivity contribution in [1.82, 2.24) is 15.2 Å². The number of rotatable bonds is 3. The van der Waals surface area contributed by atoms with Crippen molar-refractivity contribution in [2.45, 2.75) is 25.8 Å². The van der Waals surface area contributed by atoms with Gasteiger partial charge < -0.3 is 14.6 Å². The van der Waals surface area contributed by atoms with E-state index >= 15 is 0 Å². The number of hydrogen-bond donors (Lipinski definition) is 1. The maximum Gasteiger partial charge on any atom is 0.289 e. The van der Waals surface area contributed by atoms with E-state index in [2.05, 4.69) is 10.3 Å².